The molecule has 0 N–H and O–H groups in total. The first-order valence-electron chi connectivity index (χ1n) is 13.3. The van der Waals surface area contributed by atoms with E-state index in [2.05, 4.69) is 78.5 Å². The van der Waals surface area contributed by atoms with Gasteiger partial charge in [0.2, 0.25) is 0 Å². The molecule has 0 saturated heterocycles. The lowest BCUT2D eigenvalue weighted by Crippen LogP contribution is -2.32. The van der Waals surface area contributed by atoms with Crippen LogP contribution in [-0.2, 0) is 4.79 Å². The summed E-state index contributed by atoms with van der Waals surface area (Å²) in [5.41, 5.74) is 6.90. The third-order valence-corrected chi connectivity index (χ3v) is 8.68. The Morgan fingerprint density at radius 2 is 1.56 bits per heavy atom. The zero-order valence-electron chi connectivity index (χ0n) is 23.0. The Hall–Kier alpha value is -3.22. The molecular weight excluding hydrogens is 524 g/mol. The summed E-state index contributed by atoms with van der Waals surface area (Å²) >= 11 is 7.57. The van der Waals surface area contributed by atoms with E-state index in [1.165, 1.54) is 23.0 Å². The first kappa shape index (κ1) is 27.4. The number of fused-ring (bicyclic) bond motifs is 1. The molecule has 0 unspecified atom stereocenters. The van der Waals surface area contributed by atoms with Crippen molar-refractivity contribution in [1.82, 2.24) is 5.01 Å². The number of nitrogens with zero attached hydrogens (tertiary/aromatic N) is 4. The van der Waals surface area contributed by atoms with Crippen LogP contribution < -0.4 is 9.80 Å². The fourth-order valence-electron chi connectivity index (χ4n) is 5.32. The number of anilines is 2. The van der Waals surface area contributed by atoms with Gasteiger partial charge in [0.25, 0.3) is 5.91 Å². The van der Waals surface area contributed by atoms with Crippen LogP contribution in [-0.4, -0.2) is 50.6 Å². The minimum Gasteiger partial charge on any atom is -0.378 e. The second-order valence-electron chi connectivity index (χ2n) is 10.6. The summed E-state index contributed by atoms with van der Waals surface area (Å²) in [6.07, 6.45) is 5.33. The molecule has 1 aliphatic heterocycles. The van der Waals surface area contributed by atoms with E-state index in [4.69, 9.17) is 16.7 Å². The number of carbonyl (C=O) groups excluding carboxylic acids is 1. The van der Waals surface area contributed by atoms with Crippen molar-refractivity contribution in [3.8, 4) is 0 Å². The Bertz CT molecular complexity index is 1360. The zero-order valence-corrected chi connectivity index (χ0v) is 24.5. The average Bonchev–Trinajstić information content (AvgIpc) is 3.34. The highest BCUT2D eigenvalue weighted by Crippen LogP contribution is 2.45. The Balaban J connectivity index is 1.45. The van der Waals surface area contributed by atoms with Gasteiger partial charge in [-0.25, -0.2) is 5.01 Å². The smallest absolute Gasteiger partial charge is 0.253 e. The molecule has 3 aromatic carbocycles. The van der Waals surface area contributed by atoms with Crippen LogP contribution in [0.3, 0.4) is 0 Å². The predicted octanol–water partition coefficient (Wildman–Crippen LogP) is 7.39. The van der Waals surface area contributed by atoms with Gasteiger partial charge in [0.1, 0.15) is 0 Å². The van der Waals surface area contributed by atoms with Gasteiger partial charge in [-0.05, 0) is 90.6 Å². The monoisotopic (exact) mass is 558 g/mol. The summed E-state index contributed by atoms with van der Waals surface area (Å²) in [4.78, 5) is 18.9. The number of amides is 1. The van der Waals surface area contributed by atoms with Crippen LogP contribution in [0.2, 0.25) is 5.02 Å². The molecule has 39 heavy (non-hydrogen) atoms. The van der Waals surface area contributed by atoms with E-state index in [1.807, 2.05) is 38.4 Å². The molecular formula is C32H35ClN4OS. The van der Waals surface area contributed by atoms with Gasteiger partial charge >= 0.3 is 0 Å². The minimum absolute atomic E-state index is 0.0215. The summed E-state index contributed by atoms with van der Waals surface area (Å²) in [6, 6.07) is 24.7. The maximum absolute atomic E-state index is 13.7. The molecule has 202 valence electrons. The normalized spacial score (nSPS) is 19.6. The highest BCUT2D eigenvalue weighted by Gasteiger charge is 2.43. The van der Waals surface area contributed by atoms with Crippen LogP contribution in [0.1, 0.15) is 36.4 Å². The molecule has 2 atom stereocenters. The van der Waals surface area contributed by atoms with Gasteiger partial charge < -0.3 is 9.80 Å². The van der Waals surface area contributed by atoms with E-state index in [0.717, 1.165) is 46.7 Å². The van der Waals surface area contributed by atoms with E-state index >= 15 is 0 Å². The molecule has 5 nitrogen and oxygen atoms in total. The third-order valence-electron chi connectivity index (χ3n) is 7.43. The average molecular weight is 559 g/mol. The number of hydrogen-bond acceptors (Lipinski definition) is 5. The van der Waals surface area contributed by atoms with Crippen molar-refractivity contribution in [3.63, 3.8) is 0 Å². The van der Waals surface area contributed by atoms with Crippen LogP contribution in [0, 0.1) is 5.92 Å². The van der Waals surface area contributed by atoms with Crippen molar-refractivity contribution in [3.05, 3.63) is 94.5 Å². The molecule has 5 rings (SSSR count). The van der Waals surface area contributed by atoms with E-state index in [1.54, 1.807) is 5.01 Å². The number of rotatable bonds is 7. The number of benzene rings is 3. The standard InChI is InChI=1S/C32H35ClN4OS/c1-35(2)26-14-8-22(9-15-26)20-24-6-5-7-29-31(24)34-37(30(38)21-39-28-18-12-25(33)13-19-28)32(29)23-10-16-27(17-11-23)36(3)4/h8-20,29,32H,5-7,21H2,1-4H3/b24-20-/t29-,32+/m1/s1. The molecule has 0 spiro atoms. The van der Waals surface area contributed by atoms with Gasteiger partial charge in [-0.1, -0.05) is 35.9 Å². The fourth-order valence-corrected chi connectivity index (χ4v) is 6.20. The first-order chi connectivity index (χ1) is 18.8. The second kappa shape index (κ2) is 11.9. The van der Waals surface area contributed by atoms with E-state index in [0.29, 0.717) is 10.8 Å². The summed E-state index contributed by atoms with van der Waals surface area (Å²) in [5, 5.41) is 7.51. The van der Waals surface area contributed by atoms with Crippen LogP contribution >= 0.6 is 23.4 Å². The van der Waals surface area contributed by atoms with Crippen LogP contribution in [0.4, 0.5) is 11.4 Å². The maximum Gasteiger partial charge on any atom is 0.253 e. The minimum atomic E-state index is -0.102. The molecule has 1 amide bonds. The van der Waals surface area contributed by atoms with Gasteiger partial charge in [0.05, 0.1) is 17.5 Å². The van der Waals surface area contributed by atoms with Crippen molar-refractivity contribution < 1.29 is 4.79 Å². The number of allylic oxidation sites excluding steroid dienone is 1. The molecule has 7 heteroatoms. The fraction of sp³-hybridized carbons (Fsp3) is 0.312. The lowest BCUT2D eigenvalue weighted by atomic mass is 9.77. The number of hydrazone groups is 1. The van der Waals surface area contributed by atoms with Crippen molar-refractivity contribution in [2.45, 2.75) is 30.2 Å². The van der Waals surface area contributed by atoms with E-state index in [-0.39, 0.29) is 17.9 Å². The topological polar surface area (TPSA) is 39.1 Å². The number of thioether (sulfide) groups is 1. The quantitative estimate of drug-likeness (QED) is 0.283. The molecule has 1 saturated carbocycles. The molecule has 2 aliphatic rings. The van der Waals surface area contributed by atoms with Crippen molar-refractivity contribution in [2.24, 2.45) is 11.0 Å². The van der Waals surface area contributed by atoms with Crippen molar-refractivity contribution >= 4 is 52.4 Å². The Kier molecular flexibility index (Phi) is 8.34. The van der Waals surface area contributed by atoms with Crippen molar-refractivity contribution in [2.75, 3.05) is 43.7 Å². The third kappa shape index (κ3) is 6.18. The molecule has 0 aromatic heterocycles. The van der Waals surface area contributed by atoms with Gasteiger partial charge in [-0.2, -0.15) is 5.10 Å². The first-order valence-corrected chi connectivity index (χ1v) is 14.7. The van der Waals surface area contributed by atoms with Crippen LogP contribution in [0.5, 0.6) is 0 Å². The highest BCUT2D eigenvalue weighted by atomic mass is 35.5. The summed E-state index contributed by atoms with van der Waals surface area (Å²) in [5.74, 6) is 0.525. The lowest BCUT2D eigenvalue weighted by molar-refractivity contribution is -0.130. The zero-order chi connectivity index (χ0) is 27.5. The molecule has 0 bridgehead atoms. The number of halogens is 1. The molecule has 1 aliphatic carbocycles. The predicted molar refractivity (Wildman–Crippen MR) is 166 cm³/mol. The molecule has 1 fully saturated rings. The van der Waals surface area contributed by atoms with E-state index < -0.39 is 0 Å². The van der Waals surface area contributed by atoms with Crippen LogP contribution in [0.15, 0.2) is 88.4 Å². The second-order valence-corrected chi connectivity index (χ2v) is 12.0. The largest absolute Gasteiger partial charge is 0.378 e. The Morgan fingerprint density at radius 1 is 0.949 bits per heavy atom. The summed E-state index contributed by atoms with van der Waals surface area (Å²) < 4.78 is 0. The number of hydrogen-bond donors (Lipinski definition) is 0. The Labute approximate surface area is 241 Å². The van der Waals surface area contributed by atoms with E-state index in [9.17, 15) is 4.79 Å². The van der Waals surface area contributed by atoms with Crippen LogP contribution in [0.25, 0.3) is 6.08 Å². The Morgan fingerprint density at radius 3 is 2.18 bits per heavy atom. The van der Waals surface area contributed by atoms with Gasteiger partial charge in [0, 0.05) is 55.4 Å². The molecule has 3 aromatic rings. The lowest BCUT2D eigenvalue weighted by Gasteiger charge is -2.30. The van der Waals surface area contributed by atoms with Gasteiger partial charge in [0.15, 0.2) is 0 Å². The molecule has 0 radical (unpaired) electrons. The van der Waals surface area contributed by atoms with Gasteiger partial charge in [-0.15, -0.1) is 11.8 Å². The summed E-state index contributed by atoms with van der Waals surface area (Å²) in [6.45, 7) is 0. The SMILES string of the molecule is CN(C)c1ccc(/C=C2/CCC[C@@H]3C2=NN(C(=O)CSc2ccc(Cl)cc2)[C@H]3c2ccc(N(C)C)cc2)cc1. The maximum atomic E-state index is 13.7. The highest BCUT2D eigenvalue weighted by molar-refractivity contribution is 8.00. The van der Waals surface area contributed by atoms with Gasteiger partial charge in [-0.3, -0.25) is 4.79 Å². The number of carbonyl (C=O) groups is 1. The van der Waals surface area contributed by atoms with Crippen molar-refractivity contribution in [1.29, 1.82) is 0 Å². The molecule has 1 heterocycles. The summed E-state index contributed by atoms with van der Waals surface area (Å²) in [7, 11) is 8.18.